The summed E-state index contributed by atoms with van der Waals surface area (Å²) in [6.07, 6.45) is 0.604. The lowest BCUT2D eigenvalue weighted by Gasteiger charge is -2.17. The molecule has 0 heterocycles. The highest BCUT2D eigenvalue weighted by Crippen LogP contribution is 2.18. The minimum Gasteiger partial charge on any atom is -0.392 e. The van der Waals surface area contributed by atoms with E-state index >= 15 is 0 Å². The molecule has 2 nitrogen and oxygen atoms in total. The molecule has 1 atom stereocenters. The molecule has 2 N–H and O–H groups in total. The predicted molar refractivity (Wildman–Crippen MR) is 75.6 cm³/mol. The minimum absolute atomic E-state index is 0.00437. The number of benzene rings is 2. The first kappa shape index (κ1) is 13.6. The second-order valence-corrected chi connectivity index (χ2v) is 4.66. The summed E-state index contributed by atoms with van der Waals surface area (Å²) in [4.78, 5) is 0. The maximum atomic E-state index is 13.6. The maximum absolute atomic E-state index is 13.6. The number of aliphatic hydroxyl groups is 1. The van der Waals surface area contributed by atoms with Gasteiger partial charge in [-0.15, -0.1) is 0 Å². The summed E-state index contributed by atoms with van der Waals surface area (Å²) in [5.74, 6) is -0.174. The van der Waals surface area contributed by atoms with E-state index in [1.165, 1.54) is 6.07 Å². The fraction of sp³-hybridized carbons (Fsp3) is 0.250. The molecule has 2 aromatic rings. The van der Waals surface area contributed by atoms with Crippen LogP contribution in [0, 0.1) is 5.82 Å². The first-order chi connectivity index (χ1) is 9.20. The third kappa shape index (κ3) is 3.55. The van der Waals surface area contributed by atoms with Crippen molar-refractivity contribution in [2.24, 2.45) is 0 Å². The molecular formula is C16H18FNO. The molecule has 0 aliphatic heterocycles. The van der Waals surface area contributed by atoms with Crippen LogP contribution in [0.3, 0.4) is 0 Å². The van der Waals surface area contributed by atoms with E-state index in [2.05, 4.69) is 5.32 Å². The normalized spacial score (nSPS) is 12.2. The summed E-state index contributed by atoms with van der Waals surface area (Å²) in [6.45, 7) is 2.00. The van der Waals surface area contributed by atoms with Crippen LogP contribution in [0.2, 0.25) is 0 Å². The van der Waals surface area contributed by atoms with Gasteiger partial charge in [0.15, 0.2) is 0 Å². The highest BCUT2D eigenvalue weighted by molar-refractivity contribution is 5.51. The molecule has 0 amide bonds. The quantitative estimate of drug-likeness (QED) is 0.863. The lowest BCUT2D eigenvalue weighted by atomic mass is 10.1. The Hall–Kier alpha value is -1.87. The predicted octanol–water partition coefficient (Wildman–Crippen LogP) is 3.36. The van der Waals surface area contributed by atoms with E-state index in [1.54, 1.807) is 12.1 Å². The SMILES string of the molecule is CC(Cc1ccccc1F)Nc1ccccc1CO. The molecule has 1 unspecified atom stereocenters. The molecule has 0 spiro atoms. The van der Waals surface area contributed by atoms with Gasteiger partial charge in [-0.3, -0.25) is 0 Å². The highest BCUT2D eigenvalue weighted by atomic mass is 19.1. The van der Waals surface area contributed by atoms with Crippen molar-refractivity contribution in [3.63, 3.8) is 0 Å². The van der Waals surface area contributed by atoms with Crippen molar-refractivity contribution < 1.29 is 9.50 Å². The molecule has 0 aliphatic rings. The van der Waals surface area contributed by atoms with Gasteiger partial charge in [-0.1, -0.05) is 36.4 Å². The van der Waals surface area contributed by atoms with Crippen LogP contribution < -0.4 is 5.32 Å². The summed E-state index contributed by atoms with van der Waals surface area (Å²) in [7, 11) is 0. The minimum atomic E-state index is -0.174. The molecule has 0 bridgehead atoms. The number of anilines is 1. The Morgan fingerprint density at radius 3 is 2.37 bits per heavy atom. The van der Waals surface area contributed by atoms with Gasteiger partial charge < -0.3 is 10.4 Å². The molecule has 0 aromatic heterocycles. The summed E-state index contributed by atoms with van der Waals surface area (Å²) in [6, 6.07) is 14.5. The molecule has 19 heavy (non-hydrogen) atoms. The standard InChI is InChI=1S/C16H18FNO/c1-12(10-13-6-2-4-8-15(13)17)18-16-9-5-3-7-14(16)11-19/h2-9,12,18-19H,10-11H2,1H3. The highest BCUT2D eigenvalue weighted by Gasteiger charge is 2.09. The number of hydrogen-bond donors (Lipinski definition) is 2. The fourth-order valence-electron chi connectivity index (χ4n) is 2.11. The van der Waals surface area contributed by atoms with Gasteiger partial charge in [-0.25, -0.2) is 4.39 Å². The lowest BCUT2D eigenvalue weighted by Crippen LogP contribution is -2.19. The fourth-order valence-corrected chi connectivity index (χ4v) is 2.11. The van der Waals surface area contributed by atoms with E-state index in [0.717, 1.165) is 11.3 Å². The number of halogens is 1. The monoisotopic (exact) mass is 259 g/mol. The van der Waals surface area contributed by atoms with Crippen LogP contribution in [-0.2, 0) is 13.0 Å². The number of rotatable bonds is 5. The van der Waals surface area contributed by atoms with Gasteiger partial charge in [-0.2, -0.15) is 0 Å². The van der Waals surface area contributed by atoms with Gasteiger partial charge in [0.25, 0.3) is 0 Å². The third-order valence-electron chi connectivity index (χ3n) is 3.07. The molecule has 0 aliphatic carbocycles. The van der Waals surface area contributed by atoms with Gasteiger partial charge >= 0.3 is 0 Å². The molecule has 2 rings (SSSR count). The second-order valence-electron chi connectivity index (χ2n) is 4.66. The topological polar surface area (TPSA) is 32.3 Å². The zero-order valence-electron chi connectivity index (χ0n) is 10.9. The van der Waals surface area contributed by atoms with Crippen molar-refractivity contribution >= 4 is 5.69 Å². The summed E-state index contributed by atoms with van der Waals surface area (Å²) in [5, 5.41) is 12.6. The van der Waals surface area contributed by atoms with E-state index in [1.807, 2.05) is 37.3 Å². The van der Waals surface area contributed by atoms with Crippen LogP contribution in [0.25, 0.3) is 0 Å². The molecular weight excluding hydrogens is 241 g/mol. The Balaban J connectivity index is 2.05. The van der Waals surface area contributed by atoms with Gasteiger partial charge in [0.2, 0.25) is 0 Å². The molecule has 0 fully saturated rings. The van der Waals surface area contributed by atoms with E-state index < -0.39 is 0 Å². The molecule has 100 valence electrons. The molecule has 0 saturated heterocycles. The smallest absolute Gasteiger partial charge is 0.126 e. The summed E-state index contributed by atoms with van der Waals surface area (Å²) >= 11 is 0. The van der Waals surface area contributed by atoms with Crippen molar-refractivity contribution in [2.45, 2.75) is 26.0 Å². The van der Waals surface area contributed by atoms with Crippen molar-refractivity contribution in [1.29, 1.82) is 0 Å². The van der Waals surface area contributed by atoms with Crippen LogP contribution in [0.4, 0.5) is 10.1 Å². The number of para-hydroxylation sites is 1. The average molecular weight is 259 g/mol. The number of hydrogen-bond acceptors (Lipinski definition) is 2. The van der Waals surface area contributed by atoms with Crippen molar-refractivity contribution in [3.8, 4) is 0 Å². The van der Waals surface area contributed by atoms with Crippen molar-refractivity contribution in [1.82, 2.24) is 0 Å². The van der Waals surface area contributed by atoms with Crippen LogP contribution in [-0.4, -0.2) is 11.1 Å². The Bertz CT molecular complexity index is 542. The van der Waals surface area contributed by atoms with Crippen LogP contribution in [0.5, 0.6) is 0 Å². The summed E-state index contributed by atoms with van der Waals surface area (Å²) < 4.78 is 13.6. The van der Waals surface area contributed by atoms with Crippen LogP contribution in [0.15, 0.2) is 48.5 Å². The molecule has 2 aromatic carbocycles. The van der Waals surface area contributed by atoms with E-state index in [0.29, 0.717) is 12.0 Å². The number of nitrogens with one attached hydrogen (secondary N) is 1. The van der Waals surface area contributed by atoms with Gasteiger partial charge in [0, 0.05) is 17.3 Å². The van der Waals surface area contributed by atoms with E-state index in [9.17, 15) is 9.50 Å². The van der Waals surface area contributed by atoms with Crippen LogP contribution >= 0.6 is 0 Å². The largest absolute Gasteiger partial charge is 0.392 e. The third-order valence-corrected chi connectivity index (χ3v) is 3.07. The molecule has 3 heteroatoms. The maximum Gasteiger partial charge on any atom is 0.126 e. The molecule has 0 saturated carbocycles. The molecule has 0 radical (unpaired) electrons. The Labute approximate surface area is 112 Å². The van der Waals surface area contributed by atoms with Gasteiger partial charge in [-0.05, 0) is 31.0 Å². The number of aliphatic hydroxyl groups excluding tert-OH is 1. The second kappa shape index (κ2) is 6.34. The first-order valence-corrected chi connectivity index (χ1v) is 6.39. The first-order valence-electron chi connectivity index (χ1n) is 6.39. The zero-order valence-corrected chi connectivity index (χ0v) is 10.9. The Kier molecular flexibility index (Phi) is 4.53. The zero-order chi connectivity index (χ0) is 13.7. The summed E-state index contributed by atoms with van der Waals surface area (Å²) in [5.41, 5.74) is 2.45. The Morgan fingerprint density at radius 2 is 1.68 bits per heavy atom. The van der Waals surface area contributed by atoms with Gasteiger partial charge in [0.05, 0.1) is 6.61 Å². The van der Waals surface area contributed by atoms with Crippen LogP contribution in [0.1, 0.15) is 18.1 Å². The Morgan fingerprint density at radius 1 is 1.05 bits per heavy atom. The van der Waals surface area contributed by atoms with Crippen molar-refractivity contribution in [3.05, 3.63) is 65.5 Å². The lowest BCUT2D eigenvalue weighted by molar-refractivity contribution is 0.282. The van der Waals surface area contributed by atoms with E-state index in [-0.39, 0.29) is 18.5 Å². The van der Waals surface area contributed by atoms with Crippen molar-refractivity contribution in [2.75, 3.05) is 5.32 Å². The van der Waals surface area contributed by atoms with Gasteiger partial charge in [0.1, 0.15) is 5.82 Å². The van der Waals surface area contributed by atoms with E-state index in [4.69, 9.17) is 0 Å². The average Bonchev–Trinajstić information content (AvgIpc) is 2.42.